The van der Waals surface area contributed by atoms with Gasteiger partial charge in [-0.05, 0) is 62.9 Å². The molecule has 0 radical (unpaired) electrons. The number of benzene rings is 1. The molecule has 1 aromatic rings. The third-order valence-electron chi connectivity index (χ3n) is 4.41. The molecule has 1 atom stereocenters. The van der Waals surface area contributed by atoms with Gasteiger partial charge in [-0.1, -0.05) is 23.2 Å². The molecule has 1 aliphatic rings. The summed E-state index contributed by atoms with van der Waals surface area (Å²) in [5.41, 5.74) is 0.381. The maximum atomic E-state index is 11.4. The predicted molar refractivity (Wildman–Crippen MR) is 85.9 cm³/mol. The Morgan fingerprint density at radius 2 is 1.95 bits per heavy atom. The molecule has 0 saturated carbocycles. The summed E-state index contributed by atoms with van der Waals surface area (Å²) >= 11 is 12.1. The van der Waals surface area contributed by atoms with E-state index in [0.717, 1.165) is 38.0 Å². The Morgan fingerprint density at radius 1 is 1.33 bits per heavy atom. The van der Waals surface area contributed by atoms with E-state index in [2.05, 4.69) is 4.90 Å². The molecule has 1 heterocycles. The molecule has 1 aliphatic heterocycles. The molecular formula is C16H21Cl2NO2. The van der Waals surface area contributed by atoms with Crippen molar-refractivity contribution in [2.75, 3.05) is 13.1 Å². The van der Waals surface area contributed by atoms with E-state index in [1.165, 1.54) is 0 Å². The van der Waals surface area contributed by atoms with Gasteiger partial charge in [-0.2, -0.15) is 0 Å². The van der Waals surface area contributed by atoms with Crippen molar-refractivity contribution in [3.63, 3.8) is 0 Å². The zero-order valence-corrected chi connectivity index (χ0v) is 13.9. The summed E-state index contributed by atoms with van der Waals surface area (Å²) in [6.07, 6.45) is 1.99. The van der Waals surface area contributed by atoms with E-state index in [0.29, 0.717) is 10.0 Å². The van der Waals surface area contributed by atoms with Crippen LogP contribution in [0.15, 0.2) is 18.2 Å². The van der Waals surface area contributed by atoms with E-state index in [1.54, 1.807) is 6.07 Å². The fourth-order valence-electron chi connectivity index (χ4n) is 2.92. The number of carboxylic acid groups (broad SMARTS) is 1. The Hall–Kier alpha value is -0.770. The molecule has 1 fully saturated rings. The SMILES string of the molecule is CC(C)(C(=O)O)C1CCCN(Cc2cc(Cl)cc(Cl)c2)C1. The van der Waals surface area contributed by atoms with Gasteiger partial charge < -0.3 is 5.11 Å². The van der Waals surface area contributed by atoms with Crippen LogP contribution in [-0.2, 0) is 11.3 Å². The molecular weight excluding hydrogens is 309 g/mol. The number of piperidine rings is 1. The first-order valence-corrected chi connectivity index (χ1v) is 7.95. The van der Waals surface area contributed by atoms with Crippen LogP contribution < -0.4 is 0 Å². The largest absolute Gasteiger partial charge is 0.481 e. The highest BCUT2D eigenvalue weighted by atomic mass is 35.5. The second-order valence-electron chi connectivity index (χ2n) is 6.38. The molecule has 5 heteroatoms. The first-order valence-electron chi connectivity index (χ1n) is 7.20. The molecule has 21 heavy (non-hydrogen) atoms. The molecule has 0 bridgehead atoms. The predicted octanol–water partition coefficient (Wildman–Crippen LogP) is 4.32. The number of hydrogen-bond donors (Lipinski definition) is 1. The van der Waals surface area contributed by atoms with E-state index in [4.69, 9.17) is 23.2 Å². The van der Waals surface area contributed by atoms with Gasteiger partial charge in [0.1, 0.15) is 0 Å². The van der Waals surface area contributed by atoms with Crippen LogP contribution in [-0.4, -0.2) is 29.1 Å². The Labute approximate surface area is 135 Å². The minimum atomic E-state index is -0.722. The molecule has 0 aliphatic carbocycles. The van der Waals surface area contributed by atoms with Crippen LogP contribution in [0.3, 0.4) is 0 Å². The second kappa shape index (κ2) is 6.55. The first-order chi connectivity index (χ1) is 9.79. The maximum Gasteiger partial charge on any atom is 0.309 e. The van der Waals surface area contributed by atoms with E-state index in [1.807, 2.05) is 26.0 Å². The zero-order valence-electron chi connectivity index (χ0n) is 12.4. The van der Waals surface area contributed by atoms with Gasteiger partial charge in [-0.25, -0.2) is 0 Å². The lowest BCUT2D eigenvalue weighted by Gasteiger charge is -2.39. The molecule has 116 valence electrons. The molecule has 2 rings (SSSR count). The van der Waals surface area contributed by atoms with Crippen LogP contribution in [0, 0.1) is 11.3 Å². The Balaban J connectivity index is 2.06. The van der Waals surface area contributed by atoms with Crippen molar-refractivity contribution in [2.24, 2.45) is 11.3 Å². The molecule has 1 N–H and O–H groups in total. The number of rotatable bonds is 4. The van der Waals surface area contributed by atoms with Gasteiger partial charge in [0, 0.05) is 23.1 Å². The van der Waals surface area contributed by atoms with Crippen LogP contribution in [0.1, 0.15) is 32.3 Å². The van der Waals surface area contributed by atoms with Gasteiger partial charge in [0.25, 0.3) is 0 Å². The van der Waals surface area contributed by atoms with E-state index in [9.17, 15) is 9.90 Å². The highest BCUT2D eigenvalue weighted by Gasteiger charge is 2.38. The number of likely N-dealkylation sites (tertiary alicyclic amines) is 1. The monoisotopic (exact) mass is 329 g/mol. The average Bonchev–Trinajstić information content (AvgIpc) is 2.37. The lowest BCUT2D eigenvalue weighted by molar-refractivity contribution is -0.151. The van der Waals surface area contributed by atoms with E-state index >= 15 is 0 Å². The third-order valence-corrected chi connectivity index (χ3v) is 4.84. The normalized spacial score (nSPS) is 20.5. The second-order valence-corrected chi connectivity index (χ2v) is 7.25. The fourth-order valence-corrected chi connectivity index (χ4v) is 3.49. The molecule has 3 nitrogen and oxygen atoms in total. The summed E-state index contributed by atoms with van der Waals surface area (Å²) in [6.45, 7) is 6.17. The van der Waals surface area contributed by atoms with Gasteiger partial charge in [0.15, 0.2) is 0 Å². The van der Waals surface area contributed by atoms with E-state index < -0.39 is 11.4 Å². The fraction of sp³-hybridized carbons (Fsp3) is 0.562. The number of halogens is 2. The third kappa shape index (κ3) is 4.12. The average molecular weight is 330 g/mol. The Kier molecular flexibility index (Phi) is 5.18. The van der Waals surface area contributed by atoms with Crippen molar-refractivity contribution in [3.8, 4) is 0 Å². The molecule has 1 aromatic carbocycles. The highest BCUT2D eigenvalue weighted by Crippen LogP contribution is 2.34. The van der Waals surface area contributed by atoms with Gasteiger partial charge in [-0.15, -0.1) is 0 Å². The van der Waals surface area contributed by atoms with Crippen molar-refractivity contribution in [1.29, 1.82) is 0 Å². The smallest absolute Gasteiger partial charge is 0.309 e. The van der Waals surface area contributed by atoms with Crippen molar-refractivity contribution in [2.45, 2.75) is 33.2 Å². The lowest BCUT2D eigenvalue weighted by atomic mass is 9.74. The van der Waals surface area contributed by atoms with Crippen LogP contribution in [0.5, 0.6) is 0 Å². The summed E-state index contributed by atoms with van der Waals surface area (Å²) in [7, 11) is 0. The number of carbonyl (C=O) groups is 1. The van der Waals surface area contributed by atoms with Gasteiger partial charge >= 0.3 is 5.97 Å². The topological polar surface area (TPSA) is 40.5 Å². The molecule has 0 aromatic heterocycles. The highest BCUT2D eigenvalue weighted by molar-refractivity contribution is 6.34. The minimum Gasteiger partial charge on any atom is -0.481 e. The summed E-state index contributed by atoms with van der Waals surface area (Å²) in [4.78, 5) is 13.7. The standard InChI is InChI=1S/C16H21Cl2NO2/c1-16(2,15(20)21)12-4-3-5-19(10-12)9-11-6-13(17)8-14(18)7-11/h6-8,12H,3-5,9-10H2,1-2H3,(H,20,21). The lowest BCUT2D eigenvalue weighted by Crippen LogP contribution is -2.44. The Morgan fingerprint density at radius 3 is 2.52 bits per heavy atom. The van der Waals surface area contributed by atoms with E-state index in [-0.39, 0.29) is 5.92 Å². The number of hydrogen-bond acceptors (Lipinski definition) is 2. The van der Waals surface area contributed by atoms with Crippen molar-refractivity contribution in [1.82, 2.24) is 4.90 Å². The van der Waals surface area contributed by atoms with Gasteiger partial charge in [0.05, 0.1) is 5.41 Å². The van der Waals surface area contributed by atoms with Crippen molar-refractivity contribution >= 4 is 29.2 Å². The number of nitrogens with zero attached hydrogens (tertiary/aromatic N) is 1. The van der Waals surface area contributed by atoms with Crippen LogP contribution in [0.4, 0.5) is 0 Å². The molecule has 0 amide bonds. The maximum absolute atomic E-state index is 11.4. The summed E-state index contributed by atoms with van der Waals surface area (Å²) < 4.78 is 0. The quantitative estimate of drug-likeness (QED) is 0.894. The molecule has 0 spiro atoms. The Bertz CT molecular complexity index is 511. The number of aliphatic carboxylic acids is 1. The van der Waals surface area contributed by atoms with Gasteiger partial charge in [-0.3, -0.25) is 9.69 Å². The number of carboxylic acids is 1. The van der Waals surface area contributed by atoms with Gasteiger partial charge in [0.2, 0.25) is 0 Å². The summed E-state index contributed by atoms with van der Waals surface area (Å²) in [5.74, 6) is -0.557. The van der Waals surface area contributed by atoms with Crippen LogP contribution in [0.25, 0.3) is 0 Å². The molecule has 1 unspecified atom stereocenters. The summed E-state index contributed by atoms with van der Waals surface area (Å²) in [6, 6.07) is 5.55. The minimum absolute atomic E-state index is 0.165. The van der Waals surface area contributed by atoms with Crippen LogP contribution >= 0.6 is 23.2 Å². The molecule has 1 saturated heterocycles. The van der Waals surface area contributed by atoms with Crippen molar-refractivity contribution in [3.05, 3.63) is 33.8 Å². The van der Waals surface area contributed by atoms with Crippen molar-refractivity contribution < 1.29 is 9.90 Å². The van der Waals surface area contributed by atoms with Crippen LogP contribution in [0.2, 0.25) is 10.0 Å². The first kappa shape index (κ1) is 16.6. The summed E-state index contributed by atoms with van der Waals surface area (Å²) in [5, 5.41) is 10.7. The zero-order chi connectivity index (χ0) is 15.6.